The highest BCUT2D eigenvalue weighted by molar-refractivity contribution is 5.79. The fourth-order valence-electron chi connectivity index (χ4n) is 2.46. The zero-order valence-corrected chi connectivity index (χ0v) is 11.2. The molecule has 1 rings (SSSR count). The first-order valence-corrected chi connectivity index (χ1v) is 6.90. The summed E-state index contributed by atoms with van der Waals surface area (Å²) in [5.74, 6) is 0.113. The smallest absolute Gasteiger partial charge is 0.224 e. The molecule has 0 aromatic carbocycles. The summed E-state index contributed by atoms with van der Waals surface area (Å²) in [5, 5.41) is 3.08. The van der Waals surface area contributed by atoms with Crippen LogP contribution in [0.3, 0.4) is 0 Å². The van der Waals surface area contributed by atoms with E-state index >= 15 is 0 Å². The van der Waals surface area contributed by atoms with Gasteiger partial charge in [-0.2, -0.15) is 0 Å². The lowest BCUT2D eigenvalue weighted by atomic mass is 10.0. The van der Waals surface area contributed by atoms with E-state index in [-0.39, 0.29) is 17.9 Å². The second kappa shape index (κ2) is 7.67. The molecule has 1 heterocycles. The van der Waals surface area contributed by atoms with E-state index in [1.165, 1.54) is 25.9 Å². The lowest BCUT2D eigenvalue weighted by molar-refractivity contribution is -0.125. The lowest BCUT2D eigenvalue weighted by Gasteiger charge is -2.23. The van der Waals surface area contributed by atoms with E-state index in [1.54, 1.807) is 0 Å². The Hall–Kier alpha value is -0.610. The second-order valence-corrected chi connectivity index (χ2v) is 5.14. The van der Waals surface area contributed by atoms with Crippen molar-refractivity contribution in [2.45, 2.75) is 45.6 Å². The van der Waals surface area contributed by atoms with Crippen LogP contribution in [-0.4, -0.2) is 43.0 Å². The molecule has 0 aromatic rings. The van der Waals surface area contributed by atoms with Crippen LogP contribution in [0.2, 0.25) is 0 Å². The maximum atomic E-state index is 11.9. The molecule has 2 atom stereocenters. The van der Waals surface area contributed by atoms with Gasteiger partial charge < -0.3 is 16.0 Å². The number of amides is 1. The molecule has 1 fully saturated rings. The van der Waals surface area contributed by atoms with E-state index in [0.717, 1.165) is 19.4 Å². The Labute approximate surface area is 105 Å². The Morgan fingerprint density at radius 3 is 2.59 bits per heavy atom. The normalized spacial score (nSPS) is 20.2. The fraction of sp³-hybridized carbons (Fsp3) is 0.923. The maximum absolute atomic E-state index is 11.9. The van der Waals surface area contributed by atoms with E-state index in [1.807, 2.05) is 0 Å². The number of nitrogens with one attached hydrogen (secondary N) is 1. The topological polar surface area (TPSA) is 58.4 Å². The summed E-state index contributed by atoms with van der Waals surface area (Å²) in [6.07, 6.45) is 4.48. The van der Waals surface area contributed by atoms with Gasteiger partial charge in [0.25, 0.3) is 0 Å². The number of hydrogen-bond acceptors (Lipinski definition) is 3. The maximum Gasteiger partial charge on any atom is 0.224 e. The van der Waals surface area contributed by atoms with Crippen molar-refractivity contribution < 1.29 is 4.79 Å². The van der Waals surface area contributed by atoms with E-state index in [9.17, 15) is 4.79 Å². The fourth-order valence-corrected chi connectivity index (χ4v) is 2.46. The summed E-state index contributed by atoms with van der Waals surface area (Å²) in [6.45, 7) is 7.94. The van der Waals surface area contributed by atoms with Crippen molar-refractivity contribution in [2.75, 3.05) is 26.2 Å². The number of hydrogen-bond donors (Lipinski definition) is 2. The van der Waals surface area contributed by atoms with Crippen molar-refractivity contribution >= 4 is 5.91 Å². The van der Waals surface area contributed by atoms with E-state index in [0.29, 0.717) is 6.54 Å². The van der Waals surface area contributed by atoms with Gasteiger partial charge in [0.05, 0.1) is 5.92 Å². The Balaban J connectivity index is 2.27. The summed E-state index contributed by atoms with van der Waals surface area (Å²) in [5.41, 5.74) is 5.63. The van der Waals surface area contributed by atoms with Crippen LogP contribution in [0, 0.1) is 5.92 Å². The van der Waals surface area contributed by atoms with Gasteiger partial charge >= 0.3 is 0 Å². The molecule has 4 heteroatoms. The van der Waals surface area contributed by atoms with E-state index in [4.69, 9.17) is 5.73 Å². The van der Waals surface area contributed by atoms with Crippen molar-refractivity contribution in [3.63, 3.8) is 0 Å². The van der Waals surface area contributed by atoms with Gasteiger partial charge in [0, 0.05) is 19.1 Å². The second-order valence-electron chi connectivity index (χ2n) is 5.14. The van der Waals surface area contributed by atoms with Crippen LogP contribution in [0.4, 0.5) is 0 Å². The summed E-state index contributed by atoms with van der Waals surface area (Å²) < 4.78 is 0. The van der Waals surface area contributed by atoms with Crippen LogP contribution in [0.25, 0.3) is 0 Å². The lowest BCUT2D eigenvalue weighted by Crippen LogP contribution is -2.44. The van der Waals surface area contributed by atoms with Crippen LogP contribution >= 0.6 is 0 Å². The summed E-state index contributed by atoms with van der Waals surface area (Å²) in [6, 6.07) is 0.228. The largest absolute Gasteiger partial charge is 0.352 e. The van der Waals surface area contributed by atoms with Gasteiger partial charge in [-0.3, -0.25) is 4.79 Å². The van der Waals surface area contributed by atoms with Crippen molar-refractivity contribution in [2.24, 2.45) is 11.7 Å². The predicted molar refractivity (Wildman–Crippen MR) is 70.7 cm³/mol. The molecule has 0 aliphatic carbocycles. The average Bonchev–Trinajstić information content (AvgIpc) is 2.78. The van der Waals surface area contributed by atoms with Crippen molar-refractivity contribution in [1.82, 2.24) is 10.2 Å². The molecule has 0 bridgehead atoms. The van der Waals surface area contributed by atoms with Crippen LogP contribution in [0.1, 0.15) is 39.5 Å². The predicted octanol–water partition coefficient (Wildman–Crippen LogP) is 0.962. The molecule has 0 aromatic heterocycles. The highest BCUT2D eigenvalue weighted by Gasteiger charge is 2.20. The minimum atomic E-state index is -0.0129. The molecule has 1 amide bonds. The van der Waals surface area contributed by atoms with Crippen LogP contribution in [-0.2, 0) is 4.79 Å². The molecule has 4 nitrogen and oxygen atoms in total. The average molecular weight is 241 g/mol. The van der Waals surface area contributed by atoms with Gasteiger partial charge in [-0.05, 0) is 39.3 Å². The Morgan fingerprint density at radius 1 is 1.41 bits per heavy atom. The van der Waals surface area contributed by atoms with Crippen LogP contribution in [0.5, 0.6) is 0 Å². The Kier molecular flexibility index (Phi) is 6.52. The van der Waals surface area contributed by atoms with Crippen molar-refractivity contribution in [3.05, 3.63) is 0 Å². The van der Waals surface area contributed by atoms with Crippen molar-refractivity contribution in [1.29, 1.82) is 0 Å². The zero-order chi connectivity index (χ0) is 12.7. The van der Waals surface area contributed by atoms with Gasteiger partial charge in [0.1, 0.15) is 0 Å². The van der Waals surface area contributed by atoms with Gasteiger partial charge in [0.15, 0.2) is 0 Å². The molecule has 100 valence electrons. The molecule has 3 N–H and O–H groups in total. The first-order chi connectivity index (χ1) is 8.17. The molecular formula is C13H27N3O. The van der Waals surface area contributed by atoms with Gasteiger partial charge in [-0.25, -0.2) is 0 Å². The van der Waals surface area contributed by atoms with Gasteiger partial charge in [-0.1, -0.05) is 13.3 Å². The SMILES string of the molecule is CCCC(CN)C(=O)NC(C)CN1CCCC1. The molecule has 0 radical (unpaired) electrons. The zero-order valence-electron chi connectivity index (χ0n) is 11.2. The number of carbonyl (C=O) groups excluding carboxylic acids is 1. The first-order valence-electron chi connectivity index (χ1n) is 6.90. The summed E-state index contributed by atoms with van der Waals surface area (Å²) in [7, 11) is 0. The van der Waals surface area contributed by atoms with Gasteiger partial charge in [-0.15, -0.1) is 0 Å². The molecule has 1 aliphatic heterocycles. The molecule has 2 unspecified atom stereocenters. The minimum Gasteiger partial charge on any atom is -0.352 e. The molecule has 17 heavy (non-hydrogen) atoms. The van der Waals surface area contributed by atoms with Gasteiger partial charge in [0.2, 0.25) is 5.91 Å². The third-order valence-corrected chi connectivity index (χ3v) is 3.41. The molecule has 0 saturated carbocycles. The quantitative estimate of drug-likeness (QED) is 0.698. The Bertz CT molecular complexity index is 227. The van der Waals surface area contributed by atoms with Crippen molar-refractivity contribution in [3.8, 4) is 0 Å². The van der Waals surface area contributed by atoms with E-state index < -0.39 is 0 Å². The number of rotatable bonds is 7. The highest BCUT2D eigenvalue weighted by atomic mass is 16.1. The third kappa shape index (κ3) is 5.04. The first kappa shape index (κ1) is 14.5. The number of likely N-dealkylation sites (tertiary alicyclic amines) is 1. The number of nitrogens with two attached hydrogens (primary N) is 1. The molecule has 0 spiro atoms. The molecular weight excluding hydrogens is 214 g/mol. The Morgan fingerprint density at radius 2 is 2.06 bits per heavy atom. The van der Waals surface area contributed by atoms with Crippen LogP contribution in [0.15, 0.2) is 0 Å². The number of carbonyl (C=O) groups is 1. The number of nitrogens with zero attached hydrogens (tertiary/aromatic N) is 1. The van der Waals surface area contributed by atoms with E-state index in [2.05, 4.69) is 24.1 Å². The van der Waals surface area contributed by atoms with Crippen LogP contribution < -0.4 is 11.1 Å². The third-order valence-electron chi connectivity index (χ3n) is 3.41. The minimum absolute atomic E-state index is 0.0129. The highest BCUT2D eigenvalue weighted by Crippen LogP contribution is 2.09. The monoisotopic (exact) mass is 241 g/mol. The summed E-state index contributed by atoms with van der Waals surface area (Å²) >= 11 is 0. The molecule has 1 aliphatic rings. The summed E-state index contributed by atoms with van der Waals surface area (Å²) in [4.78, 5) is 14.4. The molecule has 1 saturated heterocycles. The standard InChI is InChI=1S/C13H27N3O/c1-3-6-12(9-14)13(17)15-11(2)10-16-7-4-5-8-16/h11-12H,3-10,14H2,1-2H3,(H,15,17).